The molecule has 1 N–H and O–H groups in total. The van der Waals surface area contributed by atoms with Gasteiger partial charge in [0.1, 0.15) is 0 Å². The smallest absolute Gasteiger partial charge is 0.239 e. The Labute approximate surface area is 86.9 Å². The van der Waals surface area contributed by atoms with Gasteiger partial charge >= 0.3 is 0 Å². The summed E-state index contributed by atoms with van der Waals surface area (Å²) in [6.45, 7) is 5.03. The molecular weight excluding hydrogens is 176 g/mol. The van der Waals surface area contributed by atoms with E-state index < -0.39 is 0 Å². The number of hydrogen-bond acceptors (Lipinski definition) is 2. The summed E-state index contributed by atoms with van der Waals surface area (Å²) in [7, 11) is 1.84. The molecule has 0 aromatic heterocycles. The summed E-state index contributed by atoms with van der Waals surface area (Å²) < 4.78 is 0. The Morgan fingerprint density at radius 1 is 1.57 bits per heavy atom. The summed E-state index contributed by atoms with van der Waals surface area (Å²) in [5, 5.41) is 3.01. The van der Waals surface area contributed by atoms with E-state index in [9.17, 15) is 4.79 Å². The van der Waals surface area contributed by atoms with E-state index in [1.165, 1.54) is 12.8 Å². The highest BCUT2D eigenvalue weighted by atomic mass is 16.2. The molecule has 0 spiro atoms. The Morgan fingerprint density at radius 2 is 2.21 bits per heavy atom. The Hall–Kier alpha value is -0.570. The zero-order chi connectivity index (χ0) is 10.6. The van der Waals surface area contributed by atoms with E-state index in [1.807, 2.05) is 14.0 Å². The van der Waals surface area contributed by atoms with Crippen molar-refractivity contribution in [2.45, 2.75) is 51.6 Å². The third-order valence-electron chi connectivity index (χ3n) is 2.83. The Balaban J connectivity index is 2.44. The van der Waals surface area contributed by atoms with E-state index in [4.69, 9.17) is 0 Å². The maximum Gasteiger partial charge on any atom is 0.239 e. The summed E-state index contributed by atoms with van der Waals surface area (Å²) in [4.78, 5) is 14.0. The number of rotatable bonds is 6. The van der Waals surface area contributed by atoms with Gasteiger partial charge in [0.15, 0.2) is 0 Å². The quantitative estimate of drug-likeness (QED) is 0.699. The monoisotopic (exact) mass is 198 g/mol. The van der Waals surface area contributed by atoms with Crippen molar-refractivity contribution in [3.05, 3.63) is 0 Å². The van der Waals surface area contributed by atoms with Crippen LogP contribution in [0.4, 0.5) is 0 Å². The SMILES string of the molecule is CCCCN(C(=O)C(C)NC)C1CC1. The van der Waals surface area contributed by atoms with Crippen LogP contribution in [0.25, 0.3) is 0 Å². The van der Waals surface area contributed by atoms with Gasteiger partial charge in [0.25, 0.3) is 0 Å². The fraction of sp³-hybridized carbons (Fsp3) is 0.909. The minimum Gasteiger partial charge on any atom is -0.338 e. The summed E-state index contributed by atoms with van der Waals surface area (Å²) in [5.74, 6) is 0.267. The Morgan fingerprint density at radius 3 is 2.64 bits per heavy atom. The van der Waals surface area contributed by atoms with Gasteiger partial charge in [-0.25, -0.2) is 0 Å². The molecule has 1 atom stereocenters. The topological polar surface area (TPSA) is 32.3 Å². The lowest BCUT2D eigenvalue weighted by Crippen LogP contribution is -2.45. The molecule has 0 bridgehead atoms. The van der Waals surface area contributed by atoms with E-state index in [0.717, 1.165) is 19.4 Å². The van der Waals surface area contributed by atoms with Crippen LogP contribution in [0.5, 0.6) is 0 Å². The van der Waals surface area contributed by atoms with Gasteiger partial charge < -0.3 is 10.2 Å². The van der Waals surface area contributed by atoms with Crippen LogP contribution in [0, 0.1) is 0 Å². The molecule has 0 aromatic carbocycles. The molecule has 0 radical (unpaired) electrons. The maximum atomic E-state index is 11.9. The van der Waals surface area contributed by atoms with Gasteiger partial charge in [0, 0.05) is 12.6 Å². The van der Waals surface area contributed by atoms with Gasteiger partial charge in [-0.2, -0.15) is 0 Å². The first kappa shape index (κ1) is 11.5. The minimum atomic E-state index is -0.0348. The molecule has 1 unspecified atom stereocenters. The molecule has 3 nitrogen and oxygen atoms in total. The van der Waals surface area contributed by atoms with E-state index in [1.54, 1.807) is 0 Å². The Bertz CT molecular complexity index is 190. The van der Waals surface area contributed by atoms with Crippen LogP contribution >= 0.6 is 0 Å². The van der Waals surface area contributed by atoms with Crippen molar-refractivity contribution >= 4 is 5.91 Å². The minimum absolute atomic E-state index is 0.0348. The van der Waals surface area contributed by atoms with E-state index in [2.05, 4.69) is 17.1 Å². The molecule has 1 saturated carbocycles. The molecule has 1 aliphatic carbocycles. The average Bonchev–Trinajstić information content (AvgIpc) is 3.01. The highest BCUT2D eigenvalue weighted by Gasteiger charge is 2.33. The molecule has 0 heterocycles. The molecule has 1 fully saturated rings. The van der Waals surface area contributed by atoms with Crippen molar-refractivity contribution in [2.24, 2.45) is 0 Å². The van der Waals surface area contributed by atoms with Crippen LogP contribution in [0.2, 0.25) is 0 Å². The van der Waals surface area contributed by atoms with E-state index in [-0.39, 0.29) is 11.9 Å². The number of likely N-dealkylation sites (N-methyl/N-ethyl adjacent to an activating group) is 1. The third-order valence-corrected chi connectivity index (χ3v) is 2.83. The fourth-order valence-corrected chi connectivity index (χ4v) is 1.56. The first-order valence-corrected chi connectivity index (χ1v) is 5.68. The fourth-order valence-electron chi connectivity index (χ4n) is 1.56. The number of carbonyl (C=O) groups is 1. The van der Waals surface area contributed by atoms with Crippen molar-refractivity contribution in [1.29, 1.82) is 0 Å². The molecular formula is C11H22N2O. The normalized spacial score (nSPS) is 17.9. The van der Waals surface area contributed by atoms with Crippen molar-refractivity contribution in [3.63, 3.8) is 0 Å². The highest BCUT2D eigenvalue weighted by molar-refractivity contribution is 5.82. The second-order valence-corrected chi connectivity index (χ2v) is 4.13. The summed E-state index contributed by atoms with van der Waals surface area (Å²) >= 11 is 0. The standard InChI is InChI=1S/C11H22N2O/c1-4-5-8-13(10-6-7-10)11(14)9(2)12-3/h9-10,12H,4-8H2,1-3H3. The van der Waals surface area contributed by atoms with Crippen LogP contribution in [0.1, 0.15) is 39.5 Å². The number of amides is 1. The van der Waals surface area contributed by atoms with Gasteiger partial charge in [0.05, 0.1) is 6.04 Å². The Kier molecular flexibility index (Phi) is 4.39. The van der Waals surface area contributed by atoms with Crippen LogP contribution in [0.3, 0.4) is 0 Å². The molecule has 0 aliphatic heterocycles. The van der Waals surface area contributed by atoms with Gasteiger partial charge in [-0.15, -0.1) is 0 Å². The predicted molar refractivity (Wildman–Crippen MR) is 58.2 cm³/mol. The molecule has 0 aromatic rings. The van der Waals surface area contributed by atoms with Crippen LogP contribution in [-0.2, 0) is 4.79 Å². The molecule has 3 heteroatoms. The van der Waals surface area contributed by atoms with Crippen molar-refractivity contribution in [3.8, 4) is 0 Å². The number of nitrogens with one attached hydrogen (secondary N) is 1. The average molecular weight is 198 g/mol. The zero-order valence-electron chi connectivity index (χ0n) is 9.55. The summed E-state index contributed by atoms with van der Waals surface area (Å²) in [6.07, 6.45) is 4.68. The first-order chi connectivity index (χ1) is 6.70. The molecule has 1 amide bonds. The molecule has 1 rings (SSSR count). The van der Waals surface area contributed by atoms with Crippen molar-refractivity contribution in [2.75, 3.05) is 13.6 Å². The van der Waals surface area contributed by atoms with Gasteiger partial charge in [-0.3, -0.25) is 4.79 Å². The number of nitrogens with zero attached hydrogens (tertiary/aromatic N) is 1. The zero-order valence-corrected chi connectivity index (χ0v) is 9.55. The third kappa shape index (κ3) is 2.98. The van der Waals surface area contributed by atoms with Crippen molar-refractivity contribution in [1.82, 2.24) is 10.2 Å². The number of hydrogen-bond donors (Lipinski definition) is 1. The largest absolute Gasteiger partial charge is 0.338 e. The van der Waals surface area contributed by atoms with Crippen molar-refractivity contribution < 1.29 is 4.79 Å². The molecule has 0 saturated heterocycles. The summed E-state index contributed by atoms with van der Waals surface area (Å²) in [5.41, 5.74) is 0. The van der Waals surface area contributed by atoms with Gasteiger partial charge in [0.2, 0.25) is 5.91 Å². The number of unbranched alkanes of at least 4 members (excludes halogenated alkanes) is 1. The first-order valence-electron chi connectivity index (χ1n) is 5.68. The lowest BCUT2D eigenvalue weighted by Gasteiger charge is -2.25. The maximum absolute atomic E-state index is 11.9. The lowest BCUT2D eigenvalue weighted by atomic mass is 10.2. The second-order valence-electron chi connectivity index (χ2n) is 4.13. The molecule has 14 heavy (non-hydrogen) atoms. The second kappa shape index (κ2) is 5.35. The predicted octanol–water partition coefficient (Wildman–Crippen LogP) is 1.39. The van der Waals surface area contributed by atoms with Gasteiger partial charge in [-0.1, -0.05) is 13.3 Å². The molecule has 1 aliphatic rings. The lowest BCUT2D eigenvalue weighted by molar-refractivity contribution is -0.133. The summed E-state index contributed by atoms with van der Waals surface area (Å²) in [6, 6.07) is 0.511. The highest BCUT2D eigenvalue weighted by Crippen LogP contribution is 2.27. The van der Waals surface area contributed by atoms with Crippen LogP contribution in [-0.4, -0.2) is 36.5 Å². The van der Waals surface area contributed by atoms with Gasteiger partial charge in [-0.05, 0) is 33.2 Å². The van der Waals surface area contributed by atoms with E-state index in [0.29, 0.717) is 6.04 Å². The molecule has 82 valence electrons. The van der Waals surface area contributed by atoms with Crippen LogP contribution in [0.15, 0.2) is 0 Å². The number of carbonyl (C=O) groups excluding carboxylic acids is 1. The van der Waals surface area contributed by atoms with E-state index >= 15 is 0 Å². The van der Waals surface area contributed by atoms with Crippen LogP contribution < -0.4 is 5.32 Å².